The van der Waals surface area contributed by atoms with Crippen molar-refractivity contribution in [3.05, 3.63) is 134 Å². The Morgan fingerprint density at radius 3 is 0.942 bits per heavy atom. The molecule has 0 radical (unpaired) electrons. The number of esters is 3. The molecule has 388 valence electrons. The summed E-state index contributed by atoms with van der Waals surface area (Å²) in [6.45, 7) is 6.42. The van der Waals surface area contributed by atoms with Crippen molar-refractivity contribution in [2.75, 3.05) is 13.2 Å². The maximum Gasteiger partial charge on any atom is 0.306 e. The lowest BCUT2D eigenvalue weighted by atomic mass is 10.1. The van der Waals surface area contributed by atoms with Crippen LogP contribution in [0.1, 0.15) is 226 Å². The molecular formula is C63H100O6. The van der Waals surface area contributed by atoms with E-state index in [4.69, 9.17) is 14.2 Å². The van der Waals surface area contributed by atoms with Crippen molar-refractivity contribution >= 4 is 17.9 Å². The second-order valence-electron chi connectivity index (χ2n) is 17.8. The quantitative estimate of drug-likeness (QED) is 0.0262. The number of carbonyl (C=O) groups is 3. The Morgan fingerprint density at radius 2 is 0.565 bits per heavy atom. The van der Waals surface area contributed by atoms with Crippen molar-refractivity contribution in [1.29, 1.82) is 0 Å². The fraction of sp³-hybridized carbons (Fsp3) is 0.603. The summed E-state index contributed by atoms with van der Waals surface area (Å²) in [7, 11) is 0. The first-order valence-electron chi connectivity index (χ1n) is 27.7. The largest absolute Gasteiger partial charge is 0.462 e. The Balaban J connectivity index is 4.63. The summed E-state index contributed by atoms with van der Waals surface area (Å²) < 4.78 is 16.7. The lowest BCUT2D eigenvalue weighted by molar-refractivity contribution is -0.166. The Kier molecular flexibility index (Phi) is 52.5. The molecule has 1 atom stereocenters. The standard InChI is InChI=1S/C63H100O6/c1-4-7-10-13-16-19-22-25-28-30-31-33-36-38-41-44-47-50-53-56-62(65)68-59-60(69-63(66)57-54-51-48-45-42-39-34-27-24-21-18-15-12-9-6-3)58-67-61(64)55-52-49-46-43-40-37-35-32-29-26-23-20-17-14-11-8-5-2/h16-21,25-29,31,33-35,37-38,41,43,46-47,50,60H,4-15,22-24,30,32,36,39-40,42,44-45,48-49,51-59H2,1-3H3/b19-16-,20-17-,21-18-,28-25-,29-26-,33-31-,34-27-,37-35-,41-38-,46-43-,50-47-/t60-/m0/s1. The monoisotopic (exact) mass is 953 g/mol. The van der Waals surface area contributed by atoms with E-state index < -0.39 is 6.10 Å². The van der Waals surface area contributed by atoms with Crippen molar-refractivity contribution in [2.24, 2.45) is 0 Å². The number of allylic oxidation sites excluding steroid dienone is 22. The molecule has 0 spiro atoms. The van der Waals surface area contributed by atoms with Gasteiger partial charge in [-0.2, -0.15) is 0 Å². The van der Waals surface area contributed by atoms with Crippen LogP contribution in [0.3, 0.4) is 0 Å². The summed E-state index contributed by atoms with van der Waals surface area (Å²) >= 11 is 0. The van der Waals surface area contributed by atoms with Gasteiger partial charge in [0.2, 0.25) is 0 Å². The smallest absolute Gasteiger partial charge is 0.306 e. The lowest BCUT2D eigenvalue weighted by Crippen LogP contribution is -2.30. The molecule has 0 saturated heterocycles. The number of unbranched alkanes of at least 4 members (excludes halogenated alkanes) is 15. The van der Waals surface area contributed by atoms with Crippen LogP contribution >= 0.6 is 0 Å². The predicted octanol–water partition coefficient (Wildman–Crippen LogP) is 18.6. The van der Waals surface area contributed by atoms with E-state index in [0.29, 0.717) is 12.8 Å². The molecule has 0 unspecified atom stereocenters. The minimum absolute atomic E-state index is 0.140. The van der Waals surface area contributed by atoms with Gasteiger partial charge in [-0.15, -0.1) is 0 Å². The molecular weight excluding hydrogens is 853 g/mol. The third kappa shape index (κ3) is 54.4. The Labute approximate surface area is 424 Å². The third-order valence-corrected chi connectivity index (χ3v) is 11.1. The first-order chi connectivity index (χ1) is 34.0. The van der Waals surface area contributed by atoms with Gasteiger partial charge in [-0.3, -0.25) is 14.4 Å². The molecule has 0 N–H and O–H groups in total. The summed E-state index contributed by atoms with van der Waals surface area (Å²) in [5.74, 6) is -1.10. The van der Waals surface area contributed by atoms with Gasteiger partial charge < -0.3 is 14.2 Å². The van der Waals surface area contributed by atoms with Crippen LogP contribution in [0, 0.1) is 0 Å². The molecule has 0 amide bonds. The van der Waals surface area contributed by atoms with Crippen LogP contribution in [0.4, 0.5) is 0 Å². The first kappa shape index (κ1) is 64.5. The van der Waals surface area contributed by atoms with Gasteiger partial charge in [-0.1, -0.05) is 212 Å². The maximum atomic E-state index is 12.8. The average molecular weight is 953 g/mol. The highest BCUT2D eigenvalue weighted by Gasteiger charge is 2.19. The van der Waals surface area contributed by atoms with Crippen molar-refractivity contribution < 1.29 is 28.6 Å². The fourth-order valence-corrected chi connectivity index (χ4v) is 6.92. The molecule has 0 fully saturated rings. The first-order valence-corrected chi connectivity index (χ1v) is 27.7. The van der Waals surface area contributed by atoms with E-state index in [2.05, 4.69) is 142 Å². The highest BCUT2D eigenvalue weighted by atomic mass is 16.6. The second kappa shape index (κ2) is 56.1. The Hall–Kier alpha value is -4.45. The van der Waals surface area contributed by atoms with Gasteiger partial charge in [0, 0.05) is 19.3 Å². The number of ether oxygens (including phenoxy) is 3. The van der Waals surface area contributed by atoms with E-state index in [0.717, 1.165) is 96.3 Å². The van der Waals surface area contributed by atoms with Gasteiger partial charge >= 0.3 is 17.9 Å². The van der Waals surface area contributed by atoms with Gasteiger partial charge in [0.15, 0.2) is 6.10 Å². The summed E-state index contributed by atoms with van der Waals surface area (Å²) in [5.41, 5.74) is 0. The molecule has 0 rings (SSSR count). The predicted molar refractivity (Wildman–Crippen MR) is 297 cm³/mol. The molecule has 0 heterocycles. The van der Waals surface area contributed by atoms with Crippen molar-refractivity contribution in [2.45, 2.75) is 232 Å². The van der Waals surface area contributed by atoms with E-state index in [1.54, 1.807) is 0 Å². The molecule has 0 bridgehead atoms. The molecule has 0 aliphatic heterocycles. The highest BCUT2D eigenvalue weighted by molar-refractivity contribution is 5.71. The maximum absolute atomic E-state index is 12.8. The Bertz CT molecular complexity index is 1510. The van der Waals surface area contributed by atoms with Crippen molar-refractivity contribution in [1.82, 2.24) is 0 Å². The van der Waals surface area contributed by atoms with Gasteiger partial charge in [-0.05, 0) is 128 Å². The van der Waals surface area contributed by atoms with Gasteiger partial charge in [0.25, 0.3) is 0 Å². The highest BCUT2D eigenvalue weighted by Crippen LogP contribution is 2.11. The molecule has 0 aromatic heterocycles. The number of carbonyl (C=O) groups excluding carboxylic acids is 3. The van der Waals surface area contributed by atoms with E-state index in [1.807, 2.05) is 12.2 Å². The van der Waals surface area contributed by atoms with Crippen LogP contribution in [-0.2, 0) is 28.6 Å². The Morgan fingerprint density at radius 1 is 0.290 bits per heavy atom. The van der Waals surface area contributed by atoms with Crippen molar-refractivity contribution in [3.63, 3.8) is 0 Å². The third-order valence-electron chi connectivity index (χ3n) is 11.1. The lowest BCUT2D eigenvalue weighted by Gasteiger charge is -2.18. The zero-order valence-corrected chi connectivity index (χ0v) is 44.3. The van der Waals surface area contributed by atoms with Crippen LogP contribution in [0.5, 0.6) is 0 Å². The van der Waals surface area contributed by atoms with E-state index >= 15 is 0 Å². The minimum atomic E-state index is -0.843. The zero-order valence-electron chi connectivity index (χ0n) is 44.3. The minimum Gasteiger partial charge on any atom is -0.462 e. The molecule has 0 aliphatic rings. The van der Waals surface area contributed by atoms with Crippen LogP contribution in [0.25, 0.3) is 0 Å². The zero-order chi connectivity index (χ0) is 50.0. The average Bonchev–Trinajstić information content (AvgIpc) is 3.35. The fourth-order valence-electron chi connectivity index (χ4n) is 6.92. The number of rotatable bonds is 48. The van der Waals surface area contributed by atoms with E-state index in [-0.39, 0.29) is 50.4 Å². The van der Waals surface area contributed by atoms with Crippen molar-refractivity contribution in [3.8, 4) is 0 Å². The SMILES string of the molecule is CCCCC/C=C\C/C=C\C/C=C\C/C=C\C/C=C\CCC(=O)OC[C@H](COC(=O)CCC/C=C\C/C=C\C/C=C\C/C=C\CCCCC)OC(=O)CCCCCCC/C=C\C/C=C\CCCCC. The topological polar surface area (TPSA) is 78.9 Å². The molecule has 0 saturated carbocycles. The molecule has 0 aromatic rings. The van der Waals surface area contributed by atoms with Crippen LogP contribution in [0.2, 0.25) is 0 Å². The van der Waals surface area contributed by atoms with Crippen LogP contribution in [0.15, 0.2) is 134 Å². The molecule has 0 aliphatic carbocycles. The summed E-state index contributed by atoms with van der Waals surface area (Å²) in [4.78, 5) is 38.0. The second-order valence-corrected chi connectivity index (χ2v) is 17.8. The summed E-state index contributed by atoms with van der Waals surface area (Å²) in [6.07, 6.45) is 78.8. The van der Waals surface area contributed by atoms with E-state index in [9.17, 15) is 14.4 Å². The summed E-state index contributed by atoms with van der Waals surface area (Å²) in [6, 6.07) is 0. The molecule has 0 aromatic carbocycles. The molecule has 6 heteroatoms. The van der Waals surface area contributed by atoms with E-state index in [1.165, 1.54) is 77.0 Å². The van der Waals surface area contributed by atoms with Gasteiger partial charge in [0.1, 0.15) is 13.2 Å². The molecule has 69 heavy (non-hydrogen) atoms. The number of hydrogen-bond donors (Lipinski definition) is 0. The number of hydrogen-bond acceptors (Lipinski definition) is 6. The van der Waals surface area contributed by atoms with Gasteiger partial charge in [-0.25, -0.2) is 0 Å². The van der Waals surface area contributed by atoms with Crippen LogP contribution in [-0.4, -0.2) is 37.2 Å². The van der Waals surface area contributed by atoms with Gasteiger partial charge in [0.05, 0.1) is 0 Å². The van der Waals surface area contributed by atoms with Crippen LogP contribution < -0.4 is 0 Å². The normalized spacial score (nSPS) is 13.1. The summed E-state index contributed by atoms with van der Waals surface area (Å²) in [5, 5.41) is 0. The molecule has 6 nitrogen and oxygen atoms in total.